The van der Waals surface area contributed by atoms with Crippen LogP contribution in [0.15, 0.2) is 78.9 Å². The van der Waals surface area contributed by atoms with Gasteiger partial charge in [0.2, 0.25) is 5.91 Å². The molecule has 1 amide bonds. The number of nitrogens with zero attached hydrogens (tertiary/aromatic N) is 3. The molecule has 0 spiro atoms. The van der Waals surface area contributed by atoms with E-state index in [-0.39, 0.29) is 19.9 Å². The summed E-state index contributed by atoms with van der Waals surface area (Å²) < 4.78 is 7.93. The predicted octanol–water partition coefficient (Wildman–Crippen LogP) is 4.14. The zero-order chi connectivity index (χ0) is 22.6. The lowest BCUT2D eigenvalue weighted by Gasteiger charge is -2.24. The third-order valence-electron chi connectivity index (χ3n) is 5.12. The van der Waals surface area contributed by atoms with Gasteiger partial charge in [0.05, 0.1) is 24.4 Å². The normalized spacial score (nSPS) is 12.2. The fourth-order valence-corrected chi connectivity index (χ4v) is 3.42. The Hall–Kier alpha value is -3.55. The largest absolute Gasteiger partial charge is 0.374 e. The van der Waals surface area contributed by atoms with Crippen LogP contribution in [-0.4, -0.2) is 32.7 Å². The second-order valence-corrected chi connectivity index (χ2v) is 8.28. The first kappa shape index (κ1) is 24.1. The summed E-state index contributed by atoms with van der Waals surface area (Å²) in [7, 11) is 0. The third-order valence-corrected chi connectivity index (χ3v) is 5.12. The Kier molecular flexibility index (Phi) is 7.58. The lowest BCUT2D eigenvalue weighted by Crippen LogP contribution is -2.51. The molecule has 0 aliphatic rings. The Morgan fingerprint density at radius 1 is 1.00 bits per heavy atom. The average molecular weight is 446 g/mol. The van der Waals surface area contributed by atoms with E-state index in [4.69, 9.17) is 10.5 Å². The van der Waals surface area contributed by atoms with Crippen LogP contribution in [0.4, 0.5) is 0 Å². The molecule has 0 bridgehead atoms. The van der Waals surface area contributed by atoms with Crippen molar-refractivity contribution in [3.63, 3.8) is 0 Å². The number of carbonyl (C=O) groups excluding carboxylic acids is 1. The summed E-state index contributed by atoms with van der Waals surface area (Å²) in [6.45, 7) is 3.98. The number of ether oxygens (including phenoxy) is 1. The summed E-state index contributed by atoms with van der Waals surface area (Å²) in [6.07, 6.45) is 0. The summed E-state index contributed by atoms with van der Waals surface area (Å²) in [4.78, 5) is 12.7. The first-order chi connectivity index (χ1) is 15.4. The molecule has 7 nitrogen and oxygen atoms in total. The van der Waals surface area contributed by atoms with Crippen molar-refractivity contribution in [1.82, 2.24) is 19.9 Å². The Labute approximate surface area is 194 Å². The Bertz CT molecular complexity index is 1180. The number of fused-ring (bicyclic) bond motifs is 1. The molecule has 0 radical (unpaired) electrons. The van der Waals surface area contributed by atoms with Crippen LogP contribution in [-0.2, 0) is 16.1 Å². The monoisotopic (exact) mass is 445 g/mol. The van der Waals surface area contributed by atoms with Crippen molar-refractivity contribution >= 4 is 11.6 Å². The number of nitrogens with one attached hydrogen (secondary N) is 1. The van der Waals surface area contributed by atoms with E-state index >= 15 is 0 Å². The number of pyridine rings is 1. The van der Waals surface area contributed by atoms with Crippen molar-refractivity contribution in [2.45, 2.75) is 39.5 Å². The highest BCUT2D eigenvalue weighted by molar-refractivity contribution is 5.85. The minimum Gasteiger partial charge on any atom is -0.374 e. The second-order valence-electron chi connectivity index (χ2n) is 8.28. The molecule has 33 heavy (non-hydrogen) atoms. The fourth-order valence-electron chi connectivity index (χ4n) is 3.42. The van der Waals surface area contributed by atoms with Crippen LogP contribution in [0.3, 0.4) is 0 Å². The molecular weight excluding hydrogens is 414 g/mol. The van der Waals surface area contributed by atoms with E-state index in [0.29, 0.717) is 18.1 Å². The van der Waals surface area contributed by atoms with Crippen LogP contribution in [0.2, 0.25) is 0 Å². The van der Waals surface area contributed by atoms with Gasteiger partial charge in [-0.2, -0.15) is 0 Å². The molecule has 0 saturated heterocycles. The molecule has 0 aliphatic heterocycles. The molecule has 7 heteroatoms. The molecule has 0 fully saturated rings. The highest BCUT2D eigenvalue weighted by Gasteiger charge is 2.28. The molecule has 172 valence electrons. The molecule has 2 aromatic heterocycles. The summed E-state index contributed by atoms with van der Waals surface area (Å²) >= 11 is 0. The van der Waals surface area contributed by atoms with Crippen LogP contribution >= 0.6 is 0 Å². The maximum absolute atomic E-state index is 12.7. The molecule has 0 unspecified atom stereocenters. The van der Waals surface area contributed by atoms with E-state index in [1.807, 2.05) is 83.3 Å². The van der Waals surface area contributed by atoms with E-state index in [0.717, 1.165) is 16.8 Å². The Balaban J connectivity index is 0.00000306. The van der Waals surface area contributed by atoms with Gasteiger partial charge in [-0.15, -0.1) is 10.2 Å². The lowest BCUT2D eigenvalue weighted by atomic mass is 10.1. The maximum Gasteiger partial charge on any atom is 0.240 e. The summed E-state index contributed by atoms with van der Waals surface area (Å²) in [6, 6.07) is 25.2. The number of benzene rings is 2. The molecule has 4 rings (SSSR count). The van der Waals surface area contributed by atoms with Gasteiger partial charge in [-0.25, -0.2) is 0 Å². The number of aromatic nitrogens is 3. The van der Waals surface area contributed by atoms with Crippen molar-refractivity contribution in [1.29, 1.82) is 0 Å². The van der Waals surface area contributed by atoms with Crippen LogP contribution in [0.25, 0.3) is 16.9 Å². The van der Waals surface area contributed by atoms with Gasteiger partial charge in [-0.3, -0.25) is 9.20 Å². The average Bonchev–Trinajstić information content (AvgIpc) is 3.23. The van der Waals surface area contributed by atoms with Gasteiger partial charge >= 0.3 is 0 Å². The predicted molar refractivity (Wildman–Crippen MR) is 130 cm³/mol. The lowest BCUT2D eigenvalue weighted by molar-refractivity contribution is -0.126. The van der Waals surface area contributed by atoms with Gasteiger partial charge in [0.1, 0.15) is 6.04 Å². The van der Waals surface area contributed by atoms with Crippen molar-refractivity contribution in [2.75, 3.05) is 6.61 Å². The van der Waals surface area contributed by atoms with Gasteiger partial charge in [0, 0.05) is 0 Å². The van der Waals surface area contributed by atoms with Gasteiger partial charge in [-0.1, -0.05) is 74.2 Å². The summed E-state index contributed by atoms with van der Waals surface area (Å²) in [5, 5.41) is 11.8. The highest BCUT2D eigenvalue weighted by atomic mass is 16.5. The summed E-state index contributed by atoms with van der Waals surface area (Å²) in [5.41, 5.74) is 8.69. The molecule has 1 atom stereocenters. The minimum atomic E-state index is -1.04. The second kappa shape index (κ2) is 10.4. The quantitative estimate of drug-likeness (QED) is 0.425. The standard InChI is InChI=1S/C25H27N5O2.CH4/c1-25(2,26)24(31)27-20(17-32-16-18-10-5-3-6-11-18)23-29-28-22-15-9-14-21(30(22)23)19-12-7-4-8-13-19;/h3-15,20H,16-17,26H2,1-2H3,(H,27,31);1H4/t20-;/m1./s1. The number of hydrogen-bond acceptors (Lipinski definition) is 5. The number of carbonyl (C=O) groups is 1. The van der Waals surface area contributed by atoms with Crippen LogP contribution in [0.1, 0.15) is 38.7 Å². The number of rotatable bonds is 8. The van der Waals surface area contributed by atoms with Gasteiger partial charge in [0.15, 0.2) is 11.5 Å². The number of nitrogens with two attached hydrogens (primary N) is 1. The molecule has 2 heterocycles. The molecule has 0 aliphatic carbocycles. The molecule has 3 N–H and O–H groups in total. The van der Waals surface area contributed by atoms with E-state index in [1.165, 1.54) is 0 Å². The smallest absolute Gasteiger partial charge is 0.240 e. The van der Waals surface area contributed by atoms with Gasteiger partial charge < -0.3 is 15.8 Å². The van der Waals surface area contributed by atoms with Crippen molar-refractivity contribution in [3.8, 4) is 11.3 Å². The zero-order valence-electron chi connectivity index (χ0n) is 18.2. The highest BCUT2D eigenvalue weighted by Crippen LogP contribution is 2.24. The maximum atomic E-state index is 12.7. The van der Waals surface area contributed by atoms with Crippen LogP contribution in [0.5, 0.6) is 0 Å². The van der Waals surface area contributed by atoms with Crippen molar-refractivity contribution in [2.24, 2.45) is 5.73 Å². The molecule has 4 aromatic rings. The minimum absolute atomic E-state index is 0. The van der Waals surface area contributed by atoms with Crippen LogP contribution in [0, 0.1) is 0 Å². The van der Waals surface area contributed by atoms with Gasteiger partial charge in [0.25, 0.3) is 0 Å². The first-order valence-corrected chi connectivity index (χ1v) is 10.5. The van der Waals surface area contributed by atoms with E-state index in [9.17, 15) is 4.79 Å². The third kappa shape index (κ3) is 5.63. The van der Waals surface area contributed by atoms with Crippen molar-refractivity contribution < 1.29 is 9.53 Å². The van der Waals surface area contributed by atoms with Crippen molar-refractivity contribution in [3.05, 3.63) is 90.3 Å². The Morgan fingerprint density at radius 2 is 1.67 bits per heavy atom. The van der Waals surface area contributed by atoms with E-state index in [1.54, 1.807) is 13.8 Å². The topological polar surface area (TPSA) is 94.5 Å². The van der Waals surface area contributed by atoms with Gasteiger partial charge in [-0.05, 0) is 37.1 Å². The number of amides is 1. The fraction of sp³-hybridized carbons (Fsp3) is 0.269. The Morgan fingerprint density at radius 3 is 2.33 bits per heavy atom. The van der Waals surface area contributed by atoms with E-state index in [2.05, 4.69) is 15.5 Å². The summed E-state index contributed by atoms with van der Waals surface area (Å²) in [5.74, 6) is 0.296. The molecule has 2 aromatic carbocycles. The molecule has 0 saturated carbocycles. The first-order valence-electron chi connectivity index (χ1n) is 10.5. The zero-order valence-corrected chi connectivity index (χ0v) is 18.2. The molecular formula is C26H31N5O2. The van der Waals surface area contributed by atoms with E-state index < -0.39 is 11.6 Å². The number of hydrogen-bond donors (Lipinski definition) is 2. The van der Waals surface area contributed by atoms with Crippen LogP contribution < -0.4 is 11.1 Å². The SMILES string of the molecule is C.CC(C)(N)C(=O)N[C@H](COCc1ccccc1)c1nnc2cccc(-c3ccccc3)n12.